The third-order valence-corrected chi connectivity index (χ3v) is 4.47. The Hall–Kier alpha value is -3.62. The van der Waals surface area contributed by atoms with Gasteiger partial charge in [-0.25, -0.2) is 4.98 Å². The summed E-state index contributed by atoms with van der Waals surface area (Å²) in [4.78, 5) is 51.9. The highest BCUT2D eigenvalue weighted by Gasteiger charge is 2.28. The highest BCUT2D eigenvalue weighted by molar-refractivity contribution is 6.00. The Kier molecular flexibility index (Phi) is 6.28. The molecule has 3 rings (SSSR count). The van der Waals surface area contributed by atoms with E-state index in [2.05, 4.69) is 20.3 Å². The van der Waals surface area contributed by atoms with E-state index >= 15 is 0 Å². The molecule has 1 aliphatic heterocycles. The highest BCUT2D eigenvalue weighted by atomic mass is 16.2. The zero-order valence-electron chi connectivity index (χ0n) is 16.3. The molecule has 0 radical (unpaired) electrons. The molecule has 2 aromatic heterocycles. The molecule has 0 fully saturated rings. The molecule has 2 aromatic rings. The van der Waals surface area contributed by atoms with Gasteiger partial charge in [-0.1, -0.05) is 0 Å². The summed E-state index contributed by atoms with van der Waals surface area (Å²) in [6, 6.07) is 3.47. The molecule has 0 spiro atoms. The van der Waals surface area contributed by atoms with Crippen LogP contribution in [0.25, 0.3) is 11.3 Å². The number of carbonyl (C=O) groups is 3. The topological polar surface area (TPSA) is 108 Å². The van der Waals surface area contributed by atoms with E-state index < -0.39 is 0 Å². The van der Waals surface area contributed by atoms with E-state index in [9.17, 15) is 14.4 Å². The van der Waals surface area contributed by atoms with Gasteiger partial charge < -0.3 is 15.1 Å². The fourth-order valence-corrected chi connectivity index (χ4v) is 3.07. The Morgan fingerprint density at radius 1 is 1.21 bits per heavy atom. The van der Waals surface area contributed by atoms with E-state index in [0.717, 1.165) is 5.56 Å². The molecule has 29 heavy (non-hydrogen) atoms. The van der Waals surface area contributed by atoms with Gasteiger partial charge in [-0.05, 0) is 25.0 Å². The number of allylic oxidation sites excluding steroid dienone is 1. The molecular weight excluding hydrogens is 372 g/mol. The fourth-order valence-electron chi connectivity index (χ4n) is 3.07. The average Bonchev–Trinajstić information content (AvgIpc) is 2.74. The van der Waals surface area contributed by atoms with Gasteiger partial charge in [-0.15, -0.1) is 0 Å². The molecule has 0 saturated heterocycles. The number of carbonyl (C=O) groups excluding carboxylic acids is 3. The van der Waals surface area contributed by atoms with E-state index in [1.807, 2.05) is 0 Å². The molecule has 9 heteroatoms. The van der Waals surface area contributed by atoms with Crippen molar-refractivity contribution in [2.24, 2.45) is 0 Å². The number of aldehydes is 1. The summed E-state index contributed by atoms with van der Waals surface area (Å²) in [6.45, 7) is 0.485. The number of hydrogen-bond acceptors (Lipinski definition) is 7. The second-order valence-electron chi connectivity index (χ2n) is 6.79. The molecule has 2 amide bonds. The molecule has 0 bridgehead atoms. The molecule has 0 unspecified atom stereocenters. The van der Waals surface area contributed by atoms with Gasteiger partial charge in [0.05, 0.1) is 18.4 Å². The first-order valence-electron chi connectivity index (χ1n) is 9.17. The first kappa shape index (κ1) is 20.1. The number of amides is 2. The molecule has 9 nitrogen and oxygen atoms in total. The standard InChI is InChI=1S/C20H22N6O3/c1-25(2)20(29)19-15(13-27)4-3-9-26(19)12-18(28)24-17-6-5-14(10-23-17)16-11-21-7-8-22-16/h5-8,10-11,13H,3-4,9,12H2,1-2H3,(H,23,24,28). The molecular formula is C20H22N6O3. The van der Waals surface area contributed by atoms with Crippen molar-refractivity contribution in [3.8, 4) is 11.3 Å². The van der Waals surface area contributed by atoms with Crippen LogP contribution in [0.3, 0.4) is 0 Å². The predicted molar refractivity (Wildman–Crippen MR) is 106 cm³/mol. The highest BCUT2D eigenvalue weighted by Crippen LogP contribution is 2.22. The van der Waals surface area contributed by atoms with Crippen LogP contribution in [0.1, 0.15) is 12.8 Å². The summed E-state index contributed by atoms with van der Waals surface area (Å²) in [5.41, 5.74) is 2.18. The van der Waals surface area contributed by atoms with Gasteiger partial charge in [0.15, 0.2) is 0 Å². The molecule has 1 N–H and O–H groups in total. The van der Waals surface area contributed by atoms with Gasteiger partial charge in [0.1, 0.15) is 17.8 Å². The number of anilines is 1. The van der Waals surface area contributed by atoms with Crippen LogP contribution >= 0.6 is 0 Å². The molecule has 0 aromatic carbocycles. The molecule has 0 atom stereocenters. The van der Waals surface area contributed by atoms with Crippen molar-refractivity contribution < 1.29 is 14.4 Å². The zero-order chi connectivity index (χ0) is 20.8. The number of aromatic nitrogens is 3. The minimum atomic E-state index is -0.319. The number of rotatable bonds is 6. The van der Waals surface area contributed by atoms with Gasteiger partial charge in [0.2, 0.25) is 5.91 Å². The second kappa shape index (κ2) is 9.05. The normalized spacial score (nSPS) is 13.8. The van der Waals surface area contributed by atoms with Gasteiger partial charge in [0, 0.05) is 50.4 Å². The lowest BCUT2D eigenvalue weighted by Gasteiger charge is -2.32. The lowest BCUT2D eigenvalue weighted by Crippen LogP contribution is -2.42. The number of nitrogens with one attached hydrogen (secondary N) is 1. The summed E-state index contributed by atoms with van der Waals surface area (Å²) in [6.07, 6.45) is 8.35. The van der Waals surface area contributed by atoms with E-state index in [1.54, 1.807) is 55.9 Å². The lowest BCUT2D eigenvalue weighted by molar-refractivity contribution is -0.127. The summed E-state index contributed by atoms with van der Waals surface area (Å²) in [7, 11) is 3.24. The molecule has 150 valence electrons. The third kappa shape index (κ3) is 4.81. The minimum Gasteiger partial charge on any atom is -0.357 e. The van der Waals surface area contributed by atoms with Crippen molar-refractivity contribution in [3.63, 3.8) is 0 Å². The van der Waals surface area contributed by atoms with Crippen LogP contribution in [0.5, 0.6) is 0 Å². The number of nitrogens with zero attached hydrogens (tertiary/aromatic N) is 5. The Labute approximate surface area is 168 Å². The Morgan fingerprint density at radius 3 is 2.66 bits per heavy atom. The third-order valence-electron chi connectivity index (χ3n) is 4.47. The first-order chi connectivity index (χ1) is 14.0. The van der Waals surface area contributed by atoms with Crippen molar-refractivity contribution in [1.82, 2.24) is 24.8 Å². The van der Waals surface area contributed by atoms with Crippen molar-refractivity contribution >= 4 is 23.9 Å². The molecule has 1 aliphatic rings. The minimum absolute atomic E-state index is 0.0418. The number of likely N-dealkylation sites (N-methyl/N-ethyl adjacent to an activating group) is 1. The van der Waals surface area contributed by atoms with Crippen LogP contribution in [0.2, 0.25) is 0 Å². The van der Waals surface area contributed by atoms with Gasteiger partial charge in [-0.3, -0.25) is 24.4 Å². The van der Waals surface area contributed by atoms with Crippen LogP contribution in [0.15, 0.2) is 48.2 Å². The van der Waals surface area contributed by atoms with Gasteiger partial charge >= 0.3 is 0 Å². The SMILES string of the molecule is CN(C)C(=O)C1=C(C=O)CCCN1CC(=O)Nc1ccc(-c2cnccn2)cn1. The van der Waals surface area contributed by atoms with Crippen molar-refractivity contribution in [2.45, 2.75) is 12.8 Å². The van der Waals surface area contributed by atoms with Crippen LogP contribution in [-0.2, 0) is 14.4 Å². The van der Waals surface area contributed by atoms with Gasteiger partial charge in [0.25, 0.3) is 5.91 Å². The predicted octanol–water partition coefficient (Wildman–Crippen LogP) is 1.11. The van der Waals surface area contributed by atoms with E-state index in [-0.39, 0.29) is 24.1 Å². The quantitative estimate of drug-likeness (QED) is 0.731. The Morgan fingerprint density at radius 2 is 2.03 bits per heavy atom. The Bertz CT molecular complexity index is 925. The Balaban J connectivity index is 1.69. The fraction of sp³-hybridized carbons (Fsp3) is 0.300. The maximum absolute atomic E-state index is 12.5. The summed E-state index contributed by atoms with van der Waals surface area (Å²) >= 11 is 0. The smallest absolute Gasteiger partial charge is 0.270 e. The summed E-state index contributed by atoms with van der Waals surface area (Å²) in [5, 5.41) is 2.73. The lowest BCUT2D eigenvalue weighted by atomic mass is 10.0. The molecule has 0 saturated carbocycles. The van der Waals surface area contributed by atoms with Crippen LogP contribution < -0.4 is 5.32 Å². The van der Waals surface area contributed by atoms with Crippen molar-refractivity contribution in [3.05, 3.63) is 48.2 Å². The molecule has 3 heterocycles. The number of pyridine rings is 1. The van der Waals surface area contributed by atoms with E-state index in [1.165, 1.54) is 4.90 Å². The van der Waals surface area contributed by atoms with E-state index in [0.29, 0.717) is 42.8 Å². The van der Waals surface area contributed by atoms with E-state index in [4.69, 9.17) is 0 Å². The van der Waals surface area contributed by atoms with Crippen LogP contribution in [0, 0.1) is 0 Å². The monoisotopic (exact) mass is 394 g/mol. The maximum Gasteiger partial charge on any atom is 0.270 e. The van der Waals surface area contributed by atoms with Crippen LogP contribution in [-0.4, -0.2) is 70.0 Å². The van der Waals surface area contributed by atoms with Gasteiger partial charge in [-0.2, -0.15) is 0 Å². The van der Waals surface area contributed by atoms with Crippen molar-refractivity contribution in [1.29, 1.82) is 0 Å². The zero-order valence-corrected chi connectivity index (χ0v) is 16.3. The summed E-state index contributed by atoms with van der Waals surface area (Å²) in [5.74, 6) is -0.216. The van der Waals surface area contributed by atoms with Crippen molar-refractivity contribution in [2.75, 3.05) is 32.5 Å². The number of hydrogen-bond donors (Lipinski definition) is 1. The largest absolute Gasteiger partial charge is 0.357 e. The first-order valence-corrected chi connectivity index (χ1v) is 9.17. The second-order valence-corrected chi connectivity index (χ2v) is 6.79. The van der Waals surface area contributed by atoms with Crippen LogP contribution in [0.4, 0.5) is 5.82 Å². The average molecular weight is 394 g/mol. The molecule has 0 aliphatic carbocycles. The summed E-state index contributed by atoms with van der Waals surface area (Å²) < 4.78 is 0. The maximum atomic E-state index is 12.5.